The summed E-state index contributed by atoms with van der Waals surface area (Å²) < 4.78 is 17.0. The SMILES string of the molecule is COC(=O)[C@@]1(C)C(=O)CCC2(C)C1CCCC21OCCO1. The molecule has 3 atom stereocenters. The first-order chi connectivity index (χ1) is 9.91. The van der Waals surface area contributed by atoms with Gasteiger partial charge in [0, 0.05) is 18.3 Å². The normalized spacial score (nSPS) is 41.9. The van der Waals surface area contributed by atoms with Crippen LogP contribution in [-0.4, -0.2) is 37.9 Å². The third-order valence-electron chi connectivity index (χ3n) is 6.15. The van der Waals surface area contributed by atoms with Crippen molar-refractivity contribution in [3.8, 4) is 0 Å². The van der Waals surface area contributed by atoms with Gasteiger partial charge < -0.3 is 14.2 Å². The molecule has 21 heavy (non-hydrogen) atoms. The van der Waals surface area contributed by atoms with E-state index in [4.69, 9.17) is 14.2 Å². The van der Waals surface area contributed by atoms with Crippen LogP contribution in [0, 0.1) is 16.7 Å². The van der Waals surface area contributed by atoms with E-state index in [1.165, 1.54) is 7.11 Å². The van der Waals surface area contributed by atoms with Crippen molar-refractivity contribution in [1.82, 2.24) is 0 Å². The number of hydrogen-bond acceptors (Lipinski definition) is 5. The van der Waals surface area contributed by atoms with E-state index in [1.54, 1.807) is 6.92 Å². The van der Waals surface area contributed by atoms with Crippen molar-refractivity contribution in [3.63, 3.8) is 0 Å². The zero-order chi connectivity index (χ0) is 15.3. The summed E-state index contributed by atoms with van der Waals surface area (Å²) in [5.41, 5.74) is -1.40. The lowest BCUT2D eigenvalue weighted by Crippen LogP contribution is -2.64. The first-order valence-electron chi connectivity index (χ1n) is 7.80. The molecule has 5 heteroatoms. The maximum atomic E-state index is 12.5. The van der Waals surface area contributed by atoms with Crippen LogP contribution in [0.4, 0.5) is 0 Å². The molecule has 0 amide bonds. The molecule has 3 rings (SSSR count). The molecule has 3 fully saturated rings. The molecule has 3 aliphatic rings. The Hall–Kier alpha value is -0.940. The largest absolute Gasteiger partial charge is 0.468 e. The van der Waals surface area contributed by atoms with Crippen molar-refractivity contribution in [3.05, 3.63) is 0 Å². The first kappa shape index (κ1) is 15.0. The minimum Gasteiger partial charge on any atom is -0.468 e. The van der Waals surface area contributed by atoms with Crippen molar-refractivity contribution in [1.29, 1.82) is 0 Å². The van der Waals surface area contributed by atoms with Gasteiger partial charge in [-0.05, 0) is 32.1 Å². The third-order valence-corrected chi connectivity index (χ3v) is 6.15. The number of fused-ring (bicyclic) bond motifs is 2. The molecule has 0 N–H and O–H groups in total. The van der Waals surface area contributed by atoms with Crippen LogP contribution in [0.5, 0.6) is 0 Å². The van der Waals surface area contributed by atoms with Crippen LogP contribution < -0.4 is 0 Å². The average molecular weight is 296 g/mol. The summed E-state index contributed by atoms with van der Waals surface area (Å²) in [4.78, 5) is 24.9. The van der Waals surface area contributed by atoms with Gasteiger partial charge in [-0.15, -0.1) is 0 Å². The van der Waals surface area contributed by atoms with Gasteiger partial charge in [0.25, 0.3) is 0 Å². The molecule has 0 radical (unpaired) electrons. The predicted molar refractivity (Wildman–Crippen MR) is 74.4 cm³/mol. The molecular weight excluding hydrogens is 272 g/mol. The van der Waals surface area contributed by atoms with Crippen LogP contribution in [0.3, 0.4) is 0 Å². The smallest absolute Gasteiger partial charge is 0.319 e. The molecule has 0 aromatic carbocycles. The highest BCUT2D eigenvalue weighted by Gasteiger charge is 2.68. The lowest BCUT2D eigenvalue weighted by Gasteiger charge is -2.58. The molecule has 2 unspecified atom stereocenters. The highest BCUT2D eigenvalue weighted by atomic mass is 16.7. The monoisotopic (exact) mass is 296 g/mol. The summed E-state index contributed by atoms with van der Waals surface area (Å²) in [6.45, 7) is 5.05. The fraction of sp³-hybridized carbons (Fsp3) is 0.875. The molecule has 0 bridgehead atoms. The molecule has 1 saturated heterocycles. The number of methoxy groups -OCH3 is 1. The van der Waals surface area contributed by atoms with Crippen LogP contribution in [0.25, 0.3) is 0 Å². The number of hydrogen-bond donors (Lipinski definition) is 0. The Bertz CT molecular complexity index is 457. The lowest BCUT2D eigenvalue weighted by molar-refractivity contribution is -0.285. The molecule has 2 saturated carbocycles. The van der Waals surface area contributed by atoms with E-state index < -0.39 is 17.2 Å². The number of ether oxygens (including phenoxy) is 3. The number of esters is 1. The second-order valence-electron chi connectivity index (χ2n) is 6.93. The summed E-state index contributed by atoms with van der Waals surface area (Å²) in [5, 5.41) is 0. The Morgan fingerprint density at radius 2 is 1.90 bits per heavy atom. The molecule has 5 nitrogen and oxygen atoms in total. The van der Waals surface area contributed by atoms with Crippen LogP contribution in [-0.2, 0) is 23.8 Å². The molecule has 0 aromatic heterocycles. The van der Waals surface area contributed by atoms with E-state index in [2.05, 4.69) is 6.92 Å². The number of carbonyl (C=O) groups is 2. The summed E-state index contributed by atoms with van der Waals surface area (Å²) in [7, 11) is 1.36. The summed E-state index contributed by atoms with van der Waals surface area (Å²) in [6, 6.07) is 0. The standard InChI is InChI=1S/C16H24O5/c1-14-8-6-12(17)15(2,13(18)19-3)11(14)5-4-7-16(14)20-9-10-21-16/h11H,4-10H2,1-3H3/t11?,14?,15-/m1/s1. The van der Waals surface area contributed by atoms with E-state index in [9.17, 15) is 9.59 Å². The molecule has 1 heterocycles. The lowest BCUT2D eigenvalue weighted by atomic mass is 9.48. The van der Waals surface area contributed by atoms with Gasteiger partial charge >= 0.3 is 5.97 Å². The first-order valence-corrected chi connectivity index (χ1v) is 7.80. The summed E-state index contributed by atoms with van der Waals surface area (Å²) in [5.74, 6) is -1.15. The summed E-state index contributed by atoms with van der Waals surface area (Å²) >= 11 is 0. The van der Waals surface area contributed by atoms with E-state index in [0.717, 1.165) is 19.3 Å². The molecule has 2 aliphatic carbocycles. The quantitative estimate of drug-likeness (QED) is 0.547. The van der Waals surface area contributed by atoms with Gasteiger partial charge in [-0.25, -0.2) is 0 Å². The van der Waals surface area contributed by atoms with Gasteiger partial charge in [-0.2, -0.15) is 0 Å². The average Bonchev–Trinajstić information content (AvgIpc) is 2.95. The molecule has 0 aromatic rings. The predicted octanol–water partition coefficient (Wildman–Crippen LogP) is 2.08. The van der Waals surface area contributed by atoms with Crippen LogP contribution in [0.15, 0.2) is 0 Å². The van der Waals surface area contributed by atoms with Crippen molar-refractivity contribution < 1.29 is 23.8 Å². The maximum Gasteiger partial charge on any atom is 0.319 e. The Kier molecular flexibility index (Phi) is 3.41. The van der Waals surface area contributed by atoms with E-state index in [0.29, 0.717) is 26.1 Å². The van der Waals surface area contributed by atoms with E-state index in [1.807, 2.05) is 0 Å². The number of ketones is 1. The zero-order valence-corrected chi connectivity index (χ0v) is 13.1. The zero-order valence-electron chi connectivity index (χ0n) is 13.1. The van der Waals surface area contributed by atoms with E-state index >= 15 is 0 Å². The van der Waals surface area contributed by atoms with Gasteiger partial charge in [0.15, 0.2) is 5.79 Å². The topological polar surface area (TPSA) is 61.8 Å². The van der Waals surface area contributed by atoms with Crippen LogP contribution >= 0.6 is 0 Å². The Balaban J connectivity index is 2.06. The van der Waals surface area contributed by atoms with Crippen LogP contribution in [0.2, 0.25) is 0 Å². The van der Waals surface area contributed by atoms with Gasteiger partial charge in [0.1, 0.15) is 11.2 Å². The Morgan fingerprint density at radius 1 is 1.24 bits per heavy atom. The number of rotatable bonds is 1. The minimum atomic E-state index is -1.08. The van der Waals surface area contributed by atoms with Crippen molar-refractivity contribution in [2.24, 2.45) is 16.7 Å². The Morgan fingerprint density at radius 3 is 2.52 bits per heavy atom. The second kappa shape index (κ2) is 4.78. The second-order valence-corrected chi connectivity index (χ2v) is 6.93. The molecule has 1 spiro atoms. The molecular formula is C16H24O5. The van der Waals surface area contributed by atoms with Crippen LogP contribution in [0.1, 0.15) is 46.0 Å². The highest BCUT2D eigenvalue weighted by molar-refractivity contribution is 6.04. The van der Waals surface area contributed by atoms with Gasteiger partial charge in [0.05, 0.1) is 20.3 Å². The van der Waals surface area contributed by atoms with Gasteiger partial charge in [0.2, 0.25) is 0 Å². The highest BCUT2D eigenvalue weighted by Crippen LogP contribution is 2.62. The fourth-order valence-electron chi connectivity index (χ4n) is 4.92. The molecule has 1 aliphatic heterocycles. The van der Waals surface area contributed by atoms with Crippen molar-refractivity contribution >= 4 is 11.8 Å². The summed E-state index contributed by atoms with van der Waals surface area (Å²) in [6.07, 6.45) is 3.67. The molecule has 118 valence electrons. The van der Waals surface area contributed by atoms with Crippen molar-refractivity contribution in [2.45, 2.75) is 51.7 Å². The van der Waals surface area contributed by atoms with Gasteiger partial charge in [-0.1, -0.05) is 6.92 Å². The van der Waals surface area contributed by atoms with E-state index in [-0.39, 0.29) is 17.1 Å². The number of Topliss-reactive ketones (excluding diaryl/α,β-unsaturated/α-hetero) is 1. The maximum absolute atomic E-state index is 12.5. The fourth-order valence-corrected chi connectivity index (χ4v) is 4.92. The Labute approximate surface area is 125 Å². The van der Waals surface area contributed by atoms with Crippen molar-refractivity contribution in [2.75, 3.05) is 20.3 Å². The van der Waals surface area contributed by atoms with Gasteiger partial charge in [-0.3, -0.25) is 9.59 Å². The third kappa shape index (κ3) is 1.77. The number of carbonyl (C=O) groups excluding carboxylic acids is 2. The minimum absolute atomic E-state index is 0.00753.